The van der Waals surface area contributed by atoms with E-state index in [-0.39, 0.29) is 24.1 Å². The number of aryl methyl sites for hydroxylation is 1. The molecular formula is C22H26ClFN4O5S. The van der Waals surface area contributed by atoms with E-state index in [1.165, 1.54) is 17.6 Å². The summed E-state index contributed by atoms with van der Waals surface area (Å²) in [5, 5.41) is 5.21. The van der Waals surface area contributed by atoms with Gasteiger partial charge >= 0.3 is 12.2 Å². The summed E-state index contributed by atoms with van der Waals surface area (Å²) in [5.74, 6) is 0.571. The predicted molar refractivity (Wildman–Crippen MR) is 126 cm³/mol. The van der Waals surface area contributed by atoms with Gasteiger partial charge in [0, 0.05) is 17.3 Å². The first-order valence-corrected chi connectivity index (χ1v) is 11.7. The molecule has 9 nitrogen and oxygen atoms in total. The first-order valence-electron chi connectivity index (χ1n) is 10.5. The molecular weight excluding hydrogens is 487 g/mol. The van der Waals surface area contributed by atoms with Gasteiger partial charge in [0.15, 0.2) is 0 Å². The summed E-state index contributed by atoms with van der Waals surface area (Å²) in [7, 11) is 0. The van der Waals surface area contributed by atoms with Crippen LogP contribution in [0.2, 0.25) is 5.28 Å². The van der Waals surface area contributed by atoms with Gasteiger partial charge in [-0.05, 0) is 63.4 Å². The molecule has 2 N–H and O–H groups in total. The number of carbonyl (C=O) groups is 2. The summed E-state index contributed by atoms with van der Waals surface area (Å²) < 4.78 is 29.5. The number of halogens is 2. The summed E-state index contributed by atoms with van der Waals surface area (Å²) >= 11 is 7.35. The van der Waals surface area contributed by atoms with Crippen molar-refractivity contribution in [1.29, 1.82) is 0 Å². The van der Waals surface area contributed by atoms with Gasteiger partial charge in [-0.2, -0.15) is 4.98 Å². The van der Waals surface area contributed by atoms with E-state index < -0.39 is 30.5 Å². The Hall–Kier alpha value is -2.92. The summed E-state index contributed by atoms with van der Waals surface area (Å²) in [6.45, 7) is 6.62. The Balaban J connectivity index is 1.78. The van der Waals surface area contributed by atoms with E-state index in [2.05, 4.69) is 20.6 Å². The highest BCUT2D eigenvalue weighted by Gasteiger charge is 2.24. The Morgan fingerprint density at radius 1 is 1.29 bits per heavy atom. The summed E-state index contributed by atoms with van der Waals surface area (Å²) in [5.41, 5.74) is 0.624. The number of hydrogen-bond donors (Lipinski definition) is 2. The second-order valence-corrected chi connectivity index (χ2v) is 9.92. The second kappa shape index (κ2) is 11.0. The number of nitrogens with one attached hydrogen (secondary N) is 2. The van der Waals surface area contributed by atoms with Crippen LogP contribution in [0.4, 0.5) is 14.0 Å². The average molecular weight is 513 g/mol. The fourth-order valence-electron chi connectivity index (χ4n) is 3.10. The van der Waals surface area contributed by atoms with Gasteiger partial charge in [0.25, 0.3) is 0 Å². The molecule has 1 unspecified atom stereocenters. The molecule has 0 aromatic carbocycles. The number of hydrogen-bond acceptors (Lipinski definition) is 8. The quantitative estimate of drug-likeness (QED) is 0.392. The van der Waals surface area contributed by atoms with Gasteiger partial charge in [0.2, 0.25) is 11.2 Å². The zero-order chi connectivity index (χ0) is 24.9. The van der Waals surface area contributed by atoms with Crippen LogP contribution in [0, 0.1) is 6.92 Å². The lowest BCUT2D eigenvalue weighted by Gasteiger charge is -2.23. The Kier molecular flexibility index (Phi) is 8.32. The number of nitrogens with zero attached hydrogens (tertiary/aromatic N) is 2. The molecule has 3 rings (SSSR count). The van der Waals surface area contributed by atoms with Gasteiger partial charge in [-0.15, -0.1) is 11.3 Å². The van der Waals surface area contributed by atoms with Gasteiger partial charge in [0.1, 0.15) is 16.1 Å². The van der Waals surface area contributed by atoms with Gasteiger partial charge in [-0.3, -0.25) is 4.39 Å². The lowest BCUT2D eigenvalue weighted by atomic mass is 10.1. The summed E-state index contributed by atoms with van der Waals surface area (Å²) in [6, 6.07) is 2.92. The number of alkyl carbamates (subject to hydrolysis) is 1. The third kappa shape index (κ3) is 7.04. The molecule has 0 fully saturated rings. The Morgan fingerprint density at radius 2 is 2.06 bits per heavy atom. The topological polar surface area (TPSA) is 116 Å². The predicted octanol–water partition coefficient (Wildman–Crippen LogP) is 5.33. The maximum atomic E-state index is 13.2. The molecule has 0 aliphatic heterocycles. The summed E-state index contributed by atoms with van der Waals surface area (Å²) in [6.07, 6.45) is 0.585. The summed E-state index contributed by atoms with van der Waals surface area (Å²) in [4.78, 5) is 33.6. The normalized spacial score (nSPS) is 12.4. The van der Waals surface area contributed by atoms with Crippen molar-refractivity contribution in [3.63, 3.8) is 0 Å². The van der Waals surface area contributed by atoms with E-state index in [0.29, 0.717) is 22.4 Å². The highest BCUT2D eigenvalue weighted by Crippen LogP contribution is 2.36. The average Bonchev–Trinajstić information content (AvgIpc) is 3.34. The lowest BCUT2D eigenvalue weighted by molar-refractivity contribution is 0.0500. The number of thiophene rings is 1. The molecule has 0 spiro atoms. The van der Waals surface area contributed by atoms with Gasteiger partial charge < -0.3 is 24.5 Å². The SMILES string of the molecule is Cc1c(CC(CCF)NC(=O)OC(C)(C)C)sc2c(OC(=O)NCc3ccco3)nc(Cl)nc12. The van der Waals surface area contributed by atoms with Crippen LogP contribution in [-0.2, 0) is 17.7 Å². The van der Waals surface area contributed by atoms with E-state index in [9.17, 15) is 14.0 Å². The standard InChI is InChI=1S/C22H26ClFN4O5S/c1-12-15(10-13(7-8-24)26-21(30)33-22(2,3)4)34-17-16(12)27-19(23)28-18(17)32-20(29)25-11-14-6-5-9-31-14/h5-6,9,13H,7-8,10-11H2,1-4H3,(H,25,29)(H,26,30). The minimum absolute atomic E-state index is 0.00781. The van der Waals surface area contributed by atoms with Crippen LogP contribution in [0.25, 0.3) is 10.2 Å². The fraction of sp³-hybridized carbons (Fsp3) is 0.455. The number of alkyl halides is 1. The zero-order valence-electron chi connectivity index (χ0n) is 19.2. The molecule has 3 heterocycles. The largest absolute Gasteiger partial charge is 0.467 e. The second-order valence-electron chi connectivity index (χ2n) is 8.47. The van der Waals surface area contributed by atoms with E-state index in [0.717, 1.165) is 10.4 Å². The molecule has 2 amide bonds. The highest BCUT2D eigenvalue weighted by molar-refractivity contribution is 7.19. The minimum Gasteiger partial charge on any atom is -0.467 e. The highest BCUT2D eigenvalue weighted by atomic mass is 35.5. The third-order valence-electron chi connectivity index (χ3n) is 4.59. The fourth-order valence-corrected chi connectivity index (χ4v) is 4.51. The van der Waals surface area contributed by atoms with E-state index >= 15 is 0 Å². The van der Waals surface area contributed by atoms with Gasteiger partial charge in [0.05, 0.1) is 25.0 Å². The molecule has 184 valence electrons. The van der Waals surface area contributed by atoms with Gasteiger partial charge in [-0.25, -0.2) is 14.6 Å². The number of amides is 2. The number of rotatable bonds is 8. The van der Waals surface area contributed by atoms with Crippen molar-refractivity contribution in [3.05, 3.63) is 39.9 Å². The van der Waals surface area contributed by atoms with E-state index in [4.69, 9.17) is 25.5 Å². The Bertz CT molecular complexity index is 1150. The first-order chi connectivity index (χ1) is 16.1. The first kappa shape index (κ1) is 25.7. The van der Waals surface area contributed by atoms with Crippen LogP contribution >= 0.6 is 22.9 Å². The third-order valence-corrected chi connectivity index (χ3v) is 6.05. The molecule has 3 aromatic rings. The molecule has 3 aromatic heterocycles. The smallest absolute Gasteiger partial charge is 0.414 e. The van der Waals surface area contributed by atoms with Crippen molar-refractivity contribution in [2.24, 2.45) is 0 Å². The van der Waals surface area contributed by atoms with E-state index in [1.807, 2.05) is 6.92 Å². The lowest BCUT2D eigenvalue weighted by Crippen LogP contribution is -2.40. The van der Waals surface area contributed by atoms with Crippen LogP contribution in [0.5, 0.6) is 5.88 Å². The maximum absolute atomic E-state index is 13.2. The molecule has 0 aliphatic carbocycles. The molecule has 12 heteroatoms. The van der Waals surface area contributed by atoms with Crippen LogP contribution in [0.1, 0.15) is 43.4 Å². The number of ether oxygens (including phenoxy) is 2. The van der Waals surface area contributed by atoms with Crippen molar-refractivity contribution < 1.29 is 27.9 Å². The van der Waals surface area contributed by atoms with Crippen molar-refractivity contribution in [3.8, 4) is 5.88 Å². The zero-order valence-corrected chi connectivity index (χ0v) is 20.8. The van der Waals surface area contributed by atoms with Crippen LogP contribution in [-0.4, -0.2) is 40.5 Å². The maximum Gasteiger partial charge on any atom is 0.414 e. The molecule has 34 heavy (non-hydrogen) atoms. The minimum atomic E-state index is -0.734. The molecule has 0 bridgehead atoms. The molecule has 0 saturated carbocycles. The van der Waals surface area contributed by atoms with E-state index in [1.54, 1.807) is 32.9 Å². The monoisotopic (exact) mass is 512 g/mol. The van der Waals surface area contributed by atoms with Crippen LogP contribution in [0.15, 0.2) is 22.8 Å². The van der Waals surface area contributed by atoms with Crippen LogP contribution < -0.4 is 15.4 Å². The van der Waals surface area contributed by atoms with Crippen LogP contribution in [0.3, 0.4) is 0 Å². The Labute approximate surface area is 205 Å². The van der Waals surface area contributed by atoms with Crippen molar-refractivity contribution in [1.82, 2.24) is 20.6 Å². The number of carbonyl (C=O) groups excluding carboxylic acids is 2. The van der Waals surface area contributed by atoms with Crippen molar-refractivity contribution in [2.45, 2.75) is 58.7 Å². The van der Waals surface area contributed by atoms with Gasteiger partial charge in [-0.1, -0.05) is 0 Å². The van der Waals surface area contributed by atoms with Crippen molar-refractivity contribution in [2.75, 3.05) is 6.67 Å². The van der Waals surface area contributed by atoms with Crippen molar-refractivity contribution >= 4 is 45.3 Å². The number of furan rings is 1. The molecule has 0 radical (unpaired) electrons. The molecule has 0 saturated heterocycles. The molecule has 1 atom stereocenters. The number of fused-ring (bicyclic) bond motifs is 1. The molecule has 0 aliphatic rings. The Morgan fingerprint density at radius 3 is 2.71 bits per heavy atom. The number of aromatic nitrogens is 2.